The summed E-state index contributed by atoms with van der Waals surface area (Å²) in [6.45, 7) is 3.88. The smallest absolute Gasteiger partial charge is 0.123 e. The van der Waals surface area contributed by atoms with E-state index in [0.29, 0.717) is 24.1 Å². The highest BCUT2D eigenvalue weighted by atomic mass is 19.1. The second kappa shape index (κ2) is 5.47. The lowest BCUT2D eigenvalue weighted by atomic mass is 9.96. The molecule has 1 aromatic rings. The van der Waals surface area contributed by atoms with Crippen LogP contribution in [0.5, 0.6) is 0 Å². The molecule has 0 aliphatic rings. The zero-order valence-corrected chi connectivity index (χ0v) is 10.5. The summed E-state index contributed by atoms with van der Waals surface area (Å²) in [6, 6.07) is 4.03. The Hall–Kier alpha value is -1.13. The molecular formula is C13H20FNO2. The van der Waals surface area contributed by atoms with E-state index in [1.807, 2.05) is 13.8 Å². The summed E-state index contributed by atoms with van der Waals surface area (Å²) in [7, 11) is 1.63. The SMILES string of the molecule is COC(C)(C)CCC(O)c1cc(F)ccc1N. The van der Waals surface area contributed by atoms with Crippen molar-refractivity contribution < 1.29 is 14.2 Å². The van der Waals surface area contributed by atoms with Crippen LogP contribution in [0.3, 0.4) is 0 Å². The largest absolute Gasteiger partial charge is 0.398 e. The molecule has 17 heavy (non-hydrogen) atoms. The molecular weight excluding hydrogens is 221 g/mol. The molecule has 0 radical (unpaired) electrons. The minimum absolute atomic E-state index is 0.303. The molecule has 1 unspecified atom stereocenters. The predicted molar refractivity (Wildman–Crippen MR) is 66.1 cm³/mol. The van der Waals surface area contributed by atoms with Crippen molar-refractivity contribution in [2.75, 3.05) is 12.8 Å². The van der Waals surface area contributed by atoms with Gasteiger partial charge in [-0.2, -0.15) is 0 Å². The van der Waals surface area contributed by atoms with Gasteiger partial charge in [0, 0.05) is 18.4 Å². The second-order valence-corrected chi connectivity index (χ2v) is 4.79. The van der Waals surface area contributed by atoms with Gasteiger partial charge in [0.15, 0.2) is 0 Å². The molecule has 0 aromatic heterocycles. The van der Waals surface area contributed by atoms with Crippen LogP contribution in [-0.2, 0) is 4.74 Å². The summed E-state index contributed by atoms with van der Waals surface area (Å²) in [6.07, 6.45) is 0.384. The van der Waals surface area contributed by atoms with Crippen molar-refractivity contribution in [3.05, 3.63) is 29.6 Å². The van der Waals surface area contributed by atoms with E-state index in [1.165, 1.54) is 18.2 Å². The maximum Gasteiger partial charge on any atom is 0.123 e. The van der Waals surface area contributed by atoms with Crippen LogP contribution in [0.25, 0.3) is 0 Å². The van der Waals surface area contributed by atoms with Crippen molar-refractivity contribution in [1.82, 2.24) is 0 Å². The van der Waals surface area contributed by atoms with Crippen LogP contribution in [0.2, 0.25) is 0 Å². The van der Waals surface area contributed by atoms with Crippen LogP contribution >= 0.6 is 0 Å². The van der Waals surface area contributed by atoms with E-state index in [2.05, 4.69) is 0 Å². The molecule has 1 aromatic carbocycles. The number of hydrogen-bond donors (Lipinski definition) is 2. The van der Waals surface area contributed by atoms with Gasteiger partial charge >= 0.3 is 0 Å². The van der Waals surface area contributed by atoms with Gasteiger partial charge in [0.2, 0.25) is 0 Å². The first-order chi connectivity index (χ1) is 7.85. The molecule has 0 saturated heterocycles. The van der Waals surface area contributed by atoms with Crippen molar-refractivity contribution in [2.24, 2.45) is 0 Å². The molecule has 4 heteroatoms. The molecule has 1 atom stereocenters. The Morgan fingerprint density at radius 2 is 2.12 bits per heavy atom. The summed E-state index contributed by atoms with van der Waals surface area (Å²) in [5, 5.41) is 9.98. The fourth-order valence-electron chi connectivity index (χ4n) is 1.58. The van der Waals surface area contributed by atoms with E-state index in [-0.39, 0.29) is 11.4 Å². The average Bonchev–Trinajstić information content (AvgIpc) is 2.29. The normalized spacial score (nSPS) is 13.7. The van der Waals surface area contributed by atoms with Crippen LogP contribution in [-0.4, -0.2) is 17.8 Å². The molecule has 0 amide bonds. The molecule has 0 bridgehead atoms. The molecule has 3 N–H and O–H groups in total. The number of methoxy groups -OCH3 is 1. The zero-order valence-electron chi connectivity index (χ0n) is 10.5. The summed E-state index contributed by atoms with van der Waals surface area (Å²) >= 11 is 0. The van der Waals surface area contributed by atoms with Crippen molar-refractivity contribution in [1.29, 1.82) is 0 Å². The van der Waals surface area contributed by atoms with E-state index in [0.717, 1.165) is 0 Å². The van der Waals surface area contributed by atoms with E-state index < -0.39 is 6.10 Å². The Bertz CT molecular complexity index is 380. The van der Waals surface area contributed by atoms with Crippen LogP contribution in [0.15, 0.2) is 18.2 Å². The maximum atomic E-state index is 13.1. The van der Waals surface area contributed by atoms with Gasteiger partial charge in [-0.25, -0.2) is 4.39 Å². The van der Waals surface area contributed by atoms with Crippen LogP contribution < -0.4 is 5.73 Å². The minimum Gasteiger partial charge on any atom is -0.398 e. The van der Waals surface area contributed by atoms with Gasteiger partial charge < -0.3 is 15.6 Å². The van der Waals surface area contributed by atoms with Crippen molar-refractivity contribution in [2.45, 2.75) is 38.4 Å². The average molecular weight is 241 g/mol. The molecule has 0 spiro atoms. The van der Waals surface area contributed by atoms with Gasteiger partial charge in [-0.05, 0) is 44.9 Å². The van der Waals surface area contributed by atoms with Crippen LogP contribution in [0, 0.1) is 5.82 Å². The Labute approximate surface area is 101 Å². The fraction of sp³-hybridized carbons (Fsp3) is 0.538. The predicted octanol–water partition coefficient (Wildman–Crippen LogP) is 2.65. The van der Waals surface area contributed by atoms with Gasteiger partial charge in [0.05, 0.1) is 11.7 Å². The summed E-state index contributed by atoms with van der Waals surface area (Å²) in [5.41, 5.74) is 6.25. The lowest BCUT2D eigenvalue weighted by molar-refractivity contribution is 0.00283. The van der Waals surface area contributed by atoms with E-state index in [1.54, 1.807) is 7.11 Å². The molecule has 0 saturated carbocycles. The fourth-order valence-corrected chi connectivity index (χ4v) is 1.58. The number of nitrogen functional groups attached to an aromatic ring is 1. The van der Waals surface area contributed by atoms with E-state index in [9.17, 15) is 9.50 Å². The molecule has 1 rings (SSSR count). The Kier molecular flexibility index (Phi) is 4.48. The zero-order chi connectivity index (χ0) is 13.1. The van der Waals surface area contributed by atoms with Gasteiger partial charge in [-0.15, -0.1) is 0 Å². The second-order valence-electron chi connectivity index (χ2n) is 4.79. The third kappa shape index (κ3) is 3.98. The Balaban J connectivity index is 2.70. The summed E-state index contributed by atoms with van der Waals surface area (Å²) in [4.78, 5) is 0. The highest BCUT2D eigenvalue weighted by Crippen LogP contribution is 2.28. The number of hydrogen-bond acceptors (Lipinski definition) is 3. The number of halogens is 1. The van der Waals surface area contributed by atoms with E-state index in [4.69, 9.17) is 10.5 Å². The highest BCUT2D eigenvalue weighted by Gasteiger charge is 2.20. The third-order valence-electron chi connectivity index (χ3n) is 2.98. The standard InChI is InChI=1S/C13H20FNO2/c1-13(2,17-3)7-6-12(16)10-8-9(14)4-5-11(10)15/h4-5,8,12,16H,6-7,15H2,1-3H3. The first kappa shape index (κ1) is 13.9. The number of aliphatic hydroxyl groups excluding tert-OH is 1. The Morgan fingerprint density at radius 3 is 2.71 bits per heavy atom. The lowest BCUT2D eigenvalue weighted by Gasteiger charge is -2.24. The van der Waals surface area contributed by atoms with Crippen LogP contribution in [0.4, 0.5) is 10.1 Å². The number of aliphatic hydroxyl groups is 1. The van der Waals surface area contributed by atoms with Crippen LogP contribution in [0.1, 0.15) is 38.4 Å². The number of anilines is 1. The van der Waals surface area contributed by atoms with Gasteiger partial charge in [0.1, 0.15) is 5.82 Å². The van der Waals surface area contributed by atoms with Crippen molar-refractivity contribution >= 4 is 5.69 Å². The highest BCUT2D eigenvalue weighted by molar-refractivity contribution is 5.47. The molecule has 96 valence electrons. The summed E-state index contributed by atoms with van der Waals surface area (Å²) < 4.78 is 18.3. The van der Waals surface area contributed by atoms with Gasteiger partial charge in [-0.1, -0.05) is 0 Å². The quantitative estimate of drug-likeness (QED) is 0.779. The van der Waals surface area contributed by atoms with E-state index >= 15 is 0 Å². The lowest BCUT2D eigenvalue weighted by Crippen LogP contribution is -2.23. The van der Waals surface area contributed by atoms with Crippen molar-refractivity contribution in [3.8, 4) is 0 Å². The first-order valence-corrected chi connectivity index (χ1v) is 5.64. The maximum absolute atomic E-state index is 13.1. The van der Waals surface area contributed by atoms with Gasteiger partial charge in [0.25, 0.3) is 0 Å². The minimum atomic E-state index is -0.764. The first-order valence-electron chi connectivity index (χ1n) is 5.64. The number of rotatable bonds is 5. The van der Waals surface area contributed by atoms with Gasteiger partial charge in [-0.3, -0.25) is 0 Å². The topological polar surface area (TPSA) is 55.5 Å². The molecule has 0 aliphatic heterocycles. The third-order valence-corrected chi connectivity index (χ3v) is 2.98. The molecule has 3 nitrogen and oxygen atoms in total. The monoisotopic (exact) mass is 241 g/mol. The van der Waals surface area contributed by atoms with Crippen molar-refractivity contribution in [3.63, 3.8) is 0 Å². The summed E-state index contributed by atoms with van der Waals surface area (Å²) in [5.74, 6) is -0.390. The number of ether oxygens (including phenoxy) is 1. The number of nitrogens with two attached hydrogens (primary N) is 1. The number of benzene rings is 1. The molecule has 0 fully saturated rings. The molecule has 0 aliphatic carbocycles. The molecule has 0 heterocycles. The Morgan fingerprint density at radius 1 is 1.47 bits per heavy atom.